The molecule has 0 spiro atoms. The highest BCUT2D eigenvalue weighted by Crippen LogP contribution is 2.27. The minimum Gasteiger partial charge on any atom is -0.467 e. The molecule has 0 aromatic carbocycles. The van der Waals surface area contributed by atoms with E-state index in [2.05, 4.69) is 15.5 Å². The van der Waals surface area contributed by atoms with E-state index in [4.69, 9.17) is 4.42 Å². The van der Waals surface area contributed by atoms with Gasteiger partial charge in [-0.2, -0.15) is 0 Å². The second-order valence-electron chi connectivity index (χ2n) is 5.83. The number of rotatable bonds is 8. The molecular weight excluding hydrogens is 396 g/mol. The predicted octanol–water partition coefficient (Wildman–Crippen LogP) is 1.87. The van der Waals surface area contributed by atoms with Crippen LogP contribution < -0.4 is 5.32 Å². The molecule has 1 amide bonds. The van der Waals surface area contributed by atoms with Crippen molar-refractivity contribution in [3.63, 3.8) is 0 Å². The van der Waals surface area contributed by atoms with Gasteiger partial charge in [0.05, 0.1) is 30.1 Å². The molecule has 1 fully saturated rings. The number of aromatic nitrogens is 2. The monoisotopic (exact) mass is 416 g/mol. The summed E-state index contributed by atoms with van der Waals surface area (Å²) in [6.45, 7) is 2.89. The van der Waals surface area contributed by atoms with E-state index >= 15 is 0 Å². The summed E-state index contributed by atoms with van der Waals surface area (Å²) in [5, 5.41) is 11.9. The Morgan fingerprint density at radius 2 is 2.35 bits per heavy atom. The van der Waals surface area contributed by atoms with Crippen LogP contribution in [0.15, 0.2) is 27.2 Å². The summed E-state index contributed by atoms with van der Waals surface area (Å²) in [6, 6.07) is 3.47. The molecule has 2 aromatic rings. The highest BCUT2D eigenvalue weighted by Gasteiger charge is 2.33. The first-order valence-electron chi connectivity index (χ1n) is 8.19. The maximum atomic E-state index is 12.5. The molecule has 0 aliphatic carbocycles. The van der Waals surface area contributed by atoms with E-state index in [1.54, 1.807) is 11.2 Å². The number of amides is 1. The van der Waals surface area contributed by atoms with Gasteiger partial charge in [-0.05, 0) is 25.5 Å². The predicted molar refractivity (Wildman–Crippen MR) is 101 cm³/mol. The van der Waals surface area contributed by atoms with Crippen molar-refractivity contribution in [1.82, 2.24) is 15.1 Å². The van der Waals surface area contributed by atoms with Gasteiger partial charge in [-0.25, -0.2) is 8.42 Å². The van der Waals surface area contributed by atoms with Crippen LogP contribution in [0.25, 0.3) is 0 Å². The van der Waals surface area contributed by atoms with Gasteiger partial charge in [0.15, 0.2) is 14.2 Å². The molecule has 142 valence electrons. The third-order valence-electron chi connectivity index (χ3n) is 4.03. The Morgan fingerprint density at radius 1 is 1.50 bits per heavy atom. The zero-order valence-electron chi connectivity index (χ0n) is 14.3. The van der Waals surface area contributed by atoms with Crippen molar-refractivity contribution in [2.24, 2.45) is 0 Å². The number of thioether (sulfide) groups is 1. The number of nitrogens with one attached hydrogen (secondary N) is 1. The second kappa shape index (κ2) is 8.40. The van der Waals surface area contributed by atoms with Gasteiger partial charge < -0.3 is 14.6 Å². The number of nitrogens with zero attached hydrogens (tertiary/aromatic N) is 3. The van der Waals surface area contributed by atoms with Gasteiger partial charge in [-0.15, -0.1) is 10.2 Å². The molecule has 0 unspecified atom stereocenters. The quantitative estimate of drug-likeness (QED) is 0.650. The molecule has 1 atom stereocenters. The summed E-state index contributed by atoms with van der Waals surface area (Å²) in [6.07, 6.45) is 2.13. The summed E-state index contributed by atoms with van der Waals surface area (Å²) < 4.78 is 29.2. The Balaban J connectivity index is 1.49. The fourth-order valence-corrected chi connectivity index (χ4v) is 6.15. The van der Waals surface area contributed by atoms with E-state index in [9.17, 15) is 13.2 Å². The number of hydrogen-bond donors (Lipinski definition) is 1. The first-order valence-corrected chi connectivity index (χ1v) is 11.8. The maximum absolute atomic E-state index is 12.5. The zero-order chi connectivity index (χ0) is 18.6. The Labute approximate surface area is 160 Å². The summed E-state index contributed by atoms with van der Waals surface area (Å²) in [4.78, 5) is 14.1. The van der Waals surface area contributed by atoms with Crippen LogP contribution >= 0.6 is 23.1 Å². The number of anilines is 1. The smallest absolute Gasteiger partial charge is 0.233 e. The van der Waals surface area contributed by atoms with Gasteiger partial charge >= 0.3 is 0 Å². The van der Waals surface area contributed by atoms with Gasteiger partial charge in [-0.1, -0.05) is 23.1 Å². The van der Waals surface area contributed by atoms with Gasteiger partial charge in [0.2, 0.25) is 11.0 Å². The molecule has 0 radical (unpaired) electrons. The van der Waals surface area contributed by atoms with Crippen LogP contribution in [0.4, 0.5) is 5.13 Å². The molecule has 0 bridgehead atoms. The van der Waals surface area contributed by atoms with Crippen molar-refractivity contribution < 1.29 is 17.6 Å². The average Bonchev–Trinajstić information content (AvgIpc) is 3.33. The maximum Gasteiger partial charge on any atom is 0.233 e. The Hall–Kier alpha value is -1.59. The molecule has 2 aromatic heterocycles. The Morgan fingerprint density at radius 3 is 3.00 bits per heavy atom. The highest BCUT2D eigenvalue weighted by molar-refractivity contribution is 8.01. The Kier molecular flexibility index (Phi) is 6.20. The number of carbonyl (C=O) groups is 1. The topological polar surface area (TPSA) is 105 Å². The summed E-state index contributed by atoms with van der Waals surface area (Å²) in [5.41, 5.74) is 0. The van der Waals surface area contributed by atoms with Crippen molar-refractivity contribution in [3.05, 3.63) is 24.2 Å². The van der Waals surface area contributed by atoms with E-state index in [1.165, 1.54) is 23.1 Å². The van der Waals surface area contributed by atoms with Crippen molar-refractivity contribution in [1.29, 1.82) is 0 Å². The largest absolute Gasteiger partial charge is 0.467 e. The lowest BCUT2D eigenvalue weighted by molar-refractivity contribution is -0.129. The fraction of sp³-hybridized carbons (Fsp3) is 0.533. The van der Waals surface area contributed by atoms with Crippen LogP contribution in [0, 0.1) is 0 Å². The van der Waals surface area contributed by atoms with E-state index < -0.39 is 9.84 Å². The van der Waals surface area contributed by atoms with E-state index in [0.29, 0.717) is 29.0 Å². The zero-order valence-corrected chi connectivity index (χ0v) is 16.7. The van der Waals surface area contributed by atoms with E-state index in [-0.39, 0.29) is 29.2 Å². The molecule has 0 saturated carbocycles. The minimum atomic E-state index is -3.01. The highest BCUT2D eigenvalue weighted by atomic mass is 32.2. The molecule has 3 heterocycles. The summed E-state index contributed by atoms with van der Waals surface area (Å²) in [5.74, 6) is 1.18. The first-order chi connectivity index (χ1) is 12.5. The molecule has 3 rings (SSSR count). The van der Waals surface area contributed by atoms with Gasteiger partial charge in [0.1, 0.15) is 5.76 Å². The van der Waals surface area contributed by atoms with Crippen LogP contribution in [0.3, 0.4) is 0 Å². The number of furan rings is 1. The number of hydrogen-bond acceptors (Lipinski definition) is 9. The minimum absolute atomic E-state index is 0.0664. The number of carbonyl (C=O) groups excluding carboxylic acids is 1. The standard InChI is InChI=1S/C15H20N4O4S3/c1-2-19(11-5-7-26(21,22)10-11)13(20)9-24-15-18-17-14(25-15)16-8-12-4-3-6-23-12/h3-4,6,11H,2,5,7-10H2,1H3,(H,16,17)/t11-/m1/s1. The number of sulfone groups is 1. The summed E-state index contributed by atoms with van der Waals surface area (Å²) in [7, 11) is -3.01. The van der Waals surface area contributed by atoms with Crippen molar-refractivity contribution in [2.45, 2.75) is 30.3 Å². The van der Waals surface area contributed by atoms with Gasteiger partial charge in [0.25, 0.3) is 0 Å². The SMILES string of the molecule is CCN(C(=O)CSc1nnc(NCc2ccco2)s1)[C@@H]1CCS(=O)(=O)C1. The second-order valence-corrected chi connectivity index (χ2v) is 10.3. The normalized spacial score (nSPS) is 18.7. The third kappa shape index (κ3) is 4.98. The lowest BCUT2D eigenvalue weighted by atomic mass is 10.2. The molecule has 11 heteroatoms. The molecule has 1 aliphatic heterocycles. The van der Waals surface area contributed by atoms with E-state index in [0.717, 1.165) is 5.76 Å². The van der Waals surface area contributed by atoms with Crippen LogP contribution in [0.1, 0.15) is 19.1 Å². The Bertz CT molecular complexity index is 835. The van der Waals surface area contributed by atoms with Gasteiger partial charge in [0, 0.05) is 12.6 Å². The van der Waals surface area contributed by atoms with Crippen molar-refractivity contribution in [2.75, 3.05) is 29.1 Å². The molecule has 1 N–H and O–H groups in total. The van der Waals surface area contributed by atoms with Crippen LogP contribution in [0.2, 0.25) is 0 Å². The molecule has 1 aliphatic rings. The molecular formula is C15H20N4O4S3. The van der Waals surface area contributed by atoms with Crippen LogP contribution in [0.5, 0.6) is 0 Å². The van der Waals surface area contributed by atoms with Crippen LogP contribution in [-0.2, 0) is 21.2 Å². The summed E-state index contributed by atoms with van der Waals surface area (Å²) >= 11 is 2.69. The lowest BCUT2D eigenvalue weighted by Gasteiger charge is -2.26. The lowest BCUT2D eigenvalue weighted by Crippen LogP contribution is -2.41. The third-order valence-corrected chi connectivity index (χ3v) is 7.78. The molecule has 8 nitrogen and oxygen atoms in total. The average molecular weight is 417 g/mol. The van der Waals surface area contributed by atoms with Crippen molar-refractivity contribution >= 4 is 44.0 Å². The van der Waals surface area contributed by atoms with Crippen molar-refractivity contribution in [3.8, 4) is 0 Å². The fourth-order valence-electron chi connectivity index (χ4n) is 2.78. The molecule has 26 heavy (non-hydrogen) atoms. The van der Waals surface area contributed by atoms with Gasteiger partial charge in [-0.3, -0.25) is 4.79 Å². The van der Waals surface area contributed by atoms with Crippen LogP contribution in [-0.4, -0.2) is 59.3 Å². The first kappa shape index (κ1) is 19.2. The van der Waals surface area contributed by atoms with E-state index in [1.807, 2.05) is 19.1 Å². The molecule has 1 saturated heterocycles.